The van der Waals surface area contributed by atoms with Gasteiger partial charge in [0.05, 0.1) is 6.42 Å². The van der Waals surface area contributed by atoms with Crippen molar-refractivity contribution < 1.29 is 14.4 Å². The molecule has 7 nitrogen and oxygen atoms in total. The Hall–Kier alpha value is -3.22. The summed E-state index contributed by atoms with van der Waals surface area (Å²) in [4.78, 5) is 43.8. The SMILES string of the molecule is CN1C(=O)CC2(C1=O)c1ccccc1C(=O)N2N(C)c1ccccn1. The van der Waals surface area contributed by atoms with Gasteiger partial charge in [0.15, 0.2) is 5.54 Å². The smallest absolute Gasteiger partial charge is 0.274 e. The molecule has 0 saturated carbocycles. The van der Waals surface area contributed by atoms with Crippen LogP contribution in [0, 0.1) is 0 Å². The molecular formula is C18H16N4O3. The van der Waals surface area contributed by atoms with Gasteiger partial charge in [0.25, 0.3) is 11.8 Å². The number of carbonyl (C=O) groups is 3. The number of hydrogen-bond acceptors (Lipinski definition) is 5. The van der Waals surface area contributed by atoms with Gasteiger partial charge in [-0.2, -0.15) is 0 Å². The highest BCUT2D eigenvalue weighted by atomic mass is 16.2. The number of hydrogen-bond donors (Lipinski definition) is 0. The van der Waals surface area contributed by atoms with Gasteiger partial charge in [-0.05, 0) is 18.2 Å². The molecule has 1 fully saturated rings. The zero-order chi connectivity index (χ0) is 17.8. The highest BCUT2D eigenvalue weighted by molar-refractivity contribution is 6.15. The normalized spacial score (nSPS) is 22.1. The second-order valence-corrected chi connectivity index (χ2v) is 6.17. The van der Waals surface area contributed by atoms with Crippen LogP contribution in [-0.4, -0.2) is 46.7 Å². The first kappa shape index (κ1) is 15.3. The first-order valence-corrected chi connectivity index (χ1v) is 7.88. The number of likely N-dealkylation sites (tertiary alicyclic amines) is 1. The van der Waals surface area contributed by atoms with Crippen LogP contribution in [0.25, 0.3) is 0 Å². The van der Waals surface area contributed by atoms with Crippen LogP contribution >= 0.6 is 0 Å². The minimum atomic E-state index is -1.36. The summed E-state index contributed by atoms with van der Waals surface area (Å²) in [5, 5.41) is 2.91. The Morgan fingerprint density at radius 1 is 1.08 bits per heavy atom. The van der Waals surface area contributed by atoms with Crippen LogP contribution in [0.5, 0.6) is 0 Å². The fourth-order valence-electron chi connectivity index (χ4n) is 3.65. The zero-order valence-electron chi connectivity index (χ0n) is 13.8. The van der Waals surface area contributed by atoms with Crippen LogP contribution in [0.15, 0.2) is 48.7 Å². The third-order valence-electron chi connectivity index (χ3n) is 4.88. The molecule has 2 aromatic rings. The summed E-state index contributed by atoms with van der Waals surface area (Å²) in [5.41, 5.74) is -0.363. The van der Waals surface area contributed by atoms with Gasteiger partial charge in [-0.25, -0.2) is 9.99 Å². The zero-order valence-corrected chi connectivity index (χ0v) is 13.8. The Bertz CT molecular complexity index is 898. The summed E-state index contributed by atoms with van der Waals surface area (Å²) in [6.07, 6.45) is 1.53. The Morgan fingerprint density at radius 3 is 2.44 bits per heavy atom. The van der Waals surface area contributed by atoms with Gasteiger partial charge in [-0.1, -0.05) is 24.3 Å². The molecule has 25 heavy (non-hydrogen) atoms. The molecule has 126 valence electrons. The van der Waals surface area contributed by atoms with E-state index in [-0.39, 0.29) is 18.2 Å². The maximum Gasteiger partial charge on any atom is 0.274 e. The molecule has 4 rings (SSSR count). The van der Waals surface area contributed by atoms with E-state index in [2.05, 4.69) is 4.98 Å². The largest absolute Gasteiger partial charge is 0.283 e. The highest BCUT2D eigenvalue weighted by Gasteiger charge is 2.63. The van der Waals surface area contributed by atoms with Crippen LogP contribution in [0.1, 0.15) is 22.3 Å². The predicted octanol–water partition coefficient (Wildman–Crippen LogP) is 1.17. The second kappa shape index (κ2) is 5.14. The molecule has 1 saturated heterocycles. The monoisotopic (exact) mass is 336 g/mol. The van der Waals surface area contributed by atoms with Gasteiger partial charge in [0.2, 0.25) is 5.91 Å². The van der Waals surface area contributed by atoms with E-state index in [1.165, 1.54) is 12.1 Å². The average Bonchev–Trinajstić information content (AvgIpc) is 3.02. The van der Waals surface area contributed by atoms with E-state index in [9.17, 15) is 14.4 Å². The van der Waals surface area contributed by atoms with Crippen molar-refractivity contribution in [2.45, 2.75) is 12.0 Å². The molecule has 1 aromatic heterocycles. The van der Waals surface area contributed by atoms with Crippen molar-refractivity contribution in [2.24, 2.45) is 0 Å². The Balaban J connectivity index is 1.93. The minimum Gasteiger partial charge on any atom is -0.283 e. The second-order valence-electron chi connectivity index (χ2n) is 6.17. The number of imide groups is 1. The van der Waals surface area contributed by atoms with Crippen molar-refractivity contribution in [1.29, 1.82) is 0 Å². The quantitative estimate of drug-likeness (QED) is 0.770. The molecule has 3 amide bonds. The summed E-state index contributed by atoms with van der Waals surface area (Å²) in [5.74, 6) is -0.523. The topological polar surface area (TPSA) is 73.8 Å². The van der Waals surface area contributed by atoms with E-state index < -0.39 is 11.4 Å². The Kier molecular flexibility index (Phi) is 3.15. The molecular weight excluding hydrogens is 320 g/mol. The van der Waals surface area contributed by atoms with Crippen molar-refractivity contribution in [2.75, 3.05) is 19.1 Å². The van der Waals surface area contributed by atoms with Crippen molar-refractivity contribution in [3.05, 3.63) is 59.8 Å². The summed E-state index contributed by atoms with van der Waals surface area (Å²) < 4.78 is 0. The van der Waals surface area contributed by atoms with E-state index in [0.717, 1.165) is 4.90 Å². The fraction of sp³-hybridized carbons (Fsp3) is 0.222. The van der Waals surface area contributed by atoms with Crippen molar-refractivity contribution in [3.63, 3.8) is 0 Å². The molecule has 3 heterocycles. The number of benzene rings is 1. The van der Waals surface area contributed by atoms with E-state index in [1.54, 1.807) is 60.7 Å². The van der Waals surface area contributed by atoms with Crippen LogP contribution in [0.2, 0.25) is 0 Å². The number of pyridine rings is 1. The van der Waals surface area contributed by atoms with Crippen LogP contribution < -0.4 is 5.01 Å². The lowest BCUT2D eigenvalue weighted by molar-refractivity contribution is -0.140. The lowest BCUT2D eigenvalue weighted by Gasteiger charge is -2.39. The average molecular weight is 336 g/mol. The number of nitrogens with zero attached hydrogens (tertiary/aromatic N) is 4. The number of fused-ring (bicyclic) bond motifs is 2. The third-order valence-corrected chi connectivity index (χ3v) is 4.88. The molecule has 0 N–H and O–H groups in total. The van der Waals surface area contributed by atoms with Crippen LogP contribution in [0.3, 0.4) is 0 Å². The van der Waals surface area contributed by atoms with E-state index in [4.69, 9.17) is 0 Å². The number of amides is 3. The molecule has 0 aliphatic carbocycles. The summed E-state index contributed by atoms with van der Waals surface area (Å²) in [6, 6.07) is 12.3. The molecule has 7 heteroatoms. The first-order valence-electron chi connectivity index (χ1n) is 7.88. The molecule has 1 unspecified atom stereocenters. The van der Waals surface area contributed by atoms with Gasteiger partial charge in [-0.15, -0.1) is 0 Å². The van der Waals surface area contributed by atoms with Crippen LogP contribution in [-0.2, 0) is 15.1 Å². The number of aromatic nitrogens is 1. The molecule has 0 radical (unpaired) electrons. The molecule has 0 bridgehead atoms. The van der Waals surface area contributed by atoms with Gasteiger partial charge in [0.1, 0.15) is 5.82 Å². The van der Waals surface area contributed by atoms with Crippen molar-refractivity contribution in [3.8, 4) is 0 Å². The standard InChI is InChI=1S/C18H16N4O3/c1-20-15(23)11-18(17(20)25)13-8-4-3-7-12(13)16(24)22(18)21(2)14-9-5-6-10-19-14/h3-10H,11H2,1-2H3. The molecule has 1 aromatic carbocycles. The Labute approximate surface area is 144 Å². The number of carbonyl (C=O) groups excluding carboxylic acids is 3. The van der Waals surface area contributed by atoms with Gasteiger partial charge < -0.3 is 0 Å². The number of hydrazine groups is 1. The van der Waals surface area contributed by atoms with E-state index in [1.807, 2.05) is 0 Å². The number of anilines is 1. The predicted molar refractivity (Wildman–Crippen MR) is 89.3 cm³/mol. The molecule has 2 aliphatic rings. The maximum atomic E-state index is 13.1. The third kappa shape index (κ3) is 1.86. The molecule has 1 spiro atoms. The van der Waals surface area contributed by atoms with Crippen LogP contribution in [0.4, 0.5) is 5.82 Å². The Morgan fingerprint density at radius 2 is 1.80 bits per heavy atom. The highest BCUT2D eigenvalue weighted by Crippen LogP contribution is 2.47. The van der Waals surface area contributed by atoms with Gasteiger partial charge in [-0.3, -0.25) is 24.3 Å². The number of likely N-dealkylation sites (N-methyl/N-ethyl adjacent to an activating group) is 1. The first-order chi connectivity index (χ1) is 12.0. The minimum absolute atomic E-state index is 0.0811. The van der Waals surface area contributed by atoms with Gasteiger partial charge >= 0.3 is 0 Å². The summed E-state index contributed by atoms with van der Waals surface area (Å²) >= 11 is 0. The van der Waals surface area contributed by atoms with E-state index in [0.29, 0.717) is 16.9 Å². The molecule has 2 aliphatic heterocycles. The lowest BCUT2D eigenvalue weighted by atomic mass is 9.88. The van der Waals surface area contributed by atoms with Crippen molar-refractivity contribution in [1.82, 2.24) is 14.9 Å². The fourth-order valence-corrected chi connectivity index (χ4v) is 3.65. The lowest BCUT2D eigenvalue weighted by Crippen LogP contribution is -2.56. The molecule has 1 atom stereocenters. The summed E-state index contributed by atoms with van der Waals surface area (Å²) in [7, 11) is 3.12. The van der Waals surface area contributed by atoms with Crippen molar-refractivity contribution >= 4 is 23.5 Å². The maximum absolute atomic E-state index is 13.1. The summed E-state index contributed by atoms with van der Waals surface area (Å²) in [6.45, 7) is 0. The number of rotatable bonds is 2. The van der Waals surface area contributed by atoms with Gasteiger partial charge in [0, 0.05) is 31.4 Å². The van der Waals surface area contributed by atoms with E-state index >= 15 is 0 Å².